The van der Waals surface area contributed by atoms with Gasteiger partial charge in [-0.15, -0.1) is 0 Å². The van der Waals surface area contributed by atoms with E-state index in [2.05, 4.69) is 24.1 Å². The number of carbonyl (C=O) groups is 3. The van der Waals surface area contributed by atoms with Crippen molar-refractivity contribution in [1.29, 1.82) is 0 Å². The van der Waals surface area contributed by atoms with Crippen LogP contribution in [0.15, 0.2) is 36.1 Å². The van der Waals surface area contributed by atoms with Gasteiger partial charge in [0.2, 0.25) is 0 Å². The molecule has 0 saturated carbocycles. The van der Waals surface area contributed by atoms with Crippen molar-refractivity contribution in [3.63, 3.8) is 0 Å². The van der Waals surface area contributed by atoms with Gasteiger partial charge in [0.1, 0.15) is 6.10 Å². The lowest BCUT2D eigenvalue weighted by atomic mass is 10.1. The van der Waals surface area contributed by atoms with E-state index in [1.54, 1.807) is 25.2 Å². The van der Waals surface area contributed by atoms with Crippen molar-refractivity contribution < 1.29 is 19.1 Å². The second-order valence-corrected chi connectivity index (χ2v) is 5.40. The van der Waals surface area contributed by atoms with Gasteiger partial charge in [0, 0.05) is 24.2 Å². The molecular weight excluding hydrogens is 296 g/mol. The number of ether oxygens (including phenoxy) is 1. The zero-order valence-electron chi connectivity index (χ0n) is 13.7. The number of esters is 1. The lowest BCUT2D eigenvalue weighted by molar-refractivity contribution is -0.142. The molecule has 0 aliphatic heterocycles. The molecule has 1 atom stereocenters. The summed E-state index contributed by atoms with van der Waals surface area (Å²) < 4.78 is 5.17. The van der Waals surface area contributed by atoms with Crippen LogP contribution < -0.4 is 10.6 Å². The first kappa shape index (κ1) is 18.7. The van der Waals surface area contributed by atoms with Gasteiger partial charge in [0.05, 0.1) is 0 Å². The Labute approximate surface area is 136 Å². The zero-order valence-corrected chi connectivity index (χ0v) is 13.7. The van der Waals surface area contributed by atoms with Crippen LogP contribution in [0.1, 0.15) is 39.5 Å². The Kier molecular flexibility index (Phi) is 7.80. The summed E-state index contributed by atoms with van der Waals surface area (Å²) in [6, 6.07) is 0. The van der Waals surface area contributed by atoms with Crippen molar-refractivity contribution in [1.82, 2.24) is 10.6 Å². The van der Waals surface area contributed by atoms with E-state index in [9.17, 15) is 14.4 Å². The molecule has 0 aromatic heterocycles. The molecule has 23 heavy (non-hydrogen) atoms. The van der Waals surface area contributed by atoms with E-state index in [4.69, 9.17) is 4.74 Å². The van der Waals surface area contributed by atoms with E-state index in [0.29, 0.717) is 24.2 Å². The Bertz CT molecular complexity index is 535. The molecular formula is C17H24N2O4. The lowest BCUT2D eigenvalue weighted by Gasteiger charge is -2.17. The summed E-state index contributed by atoms with van der Waals surface area (Å²) in [5.41, 5.74) is 0.850. The van der Waals surface area contributed by atoms with Gasteiger partial charge >= 0.3 is 17.8 Å². The van der Waals surface area contributed by atoms with Gasteiger partial charge in [-0.05, 0) is 25.5 Å². The van der Waals surface area contributed by atoms with E-state index in [1.165, 1.54) is 0 Å². The fourth-order valence-electron chi connectivity index (χ4n) is 1.86. The highest BCUT2D eigenvalue weighted by Crippen LogP contribution is 2.13. The van der Waals surface area contributed by atoms with Crippen molar-refractivity contribution in [2.45, 2.75) is 45.6 Å². The number of unbranched alkanes of at least 4 members (excludes halogenated alkanes) is 2. The first-order chi connectivity index (χ1) is 10.9. The average Bonchev–Trinajstić information content (AvgIpc) is 2.53. The summed E-state index contributed by atoms with van der Waals surface area (Å²) >= 11 is 0. The predicted molar refractivity (Wildman–Crippen MR) is 87.2 cm³/mol. The Morgan fingerprint density at radius 1 is 1.30 bits per heavy atom. The Hall–Kier alpha value is -2.37. The maximum Gasteiger partial charge on any atom is 0.333 e. The van der Waals surface area contributed by atoms with Crippen LogP contribution in [0.4, 0.5) is 0 Å². The molecule has 2 N–H and O–H groups in total. The molecule has 0 aromatic rings. The average molecular weight is 320 g/mol. The van der Waals surface area contributed by atoms with Gasteiger partial charge in [-0.1, -0.05) is 32.4 Å². The predicted octanol–water partition coefficient (Wildman–Crippen LogP) is 1.74. The molecule has 0 saturated heterocycles. The standard InChI is InChI=1S/C17H24N2O4/c1-4-5-6-11-18-15(20)16(21)19-13-7-9-14(10-8-13)23-17(22)12(2)3/h7-9,14H,2,4-6,10-11H2,1,3H3,(H,18,20)(H,19,21). The Morgan fingerprint density at radius 2 is 2.04 bits per heavy atom. The van der Waals surface area contributed by atoms with Crippen LogP contribution in [0, 0.1) is 0 Å². The maximum atomic E-state index is 11.7. The highest BCUT2D eigenvalue weighted by Gasteiger charge is 2.17. The largest absolute Gasteiger partial charge is 0.454 e. The van der Waals surface area contributed by atoms with Gasteiger partial charge in [-0.25, -0.2) is 4.79 Å². The summed E-state index contributed by atoms with van der Waals surface area (Å²) in [5, 5.41) is 5.09. The monoisotopic (exact) mass is 320 g/mol. The molecule has 6 nitrogen and oxygen atoms in total. The van der Waals surface area contributed by atoms with E-state index in [0.717, 1.165) is 19.3 Å². The van der Waals surface area contributed by atoms with Gasteiger partial charge in [0.25, 0.3) is 0 Å². The summed E-state index contributed by atoms with van der Waals surface area (Å²) in [6.07, 6.45) is 7.95. The SMILES string of the molecule is C=C(C)C(=O)OC1C=CC(NC(=O)C(=O)NCCCCC)=CC1. The second-order valence-electron chi connectivity index (χ2n) is 5.40. The minimum atomic E-state index is -0.699. The molecule has 0 spiro atoms. The lowest BCUT2D eigenvalue weighted by Crippen LogP contribution is -2.40. The van der Waals surface area contributed by atoms with E-state index in [1.807, 2.05) is 0 Å². The molecule has 0 heterocycles. The van der Waals surface area contributed by atoms with Crippen molar-refractivity contribution in [2.75, 3.05) is 6.54 Å². The molecule has 6 heteroatoms. The highest BCUT2D eigenvalue weighted by molar-refractivity contribution is 6.35. The summed E-state index contributed by atoms with van der Waals surface area (Å²) in [6.45, 7) is 7.65. The van der Waals surface area contributed by atoms with Crippen molar-refractivity contribution in [3.05, 3.63) is 36.1 Å². The molecule has 1 aliphatic carbocycles. The number of hydrogen-bond donors (Lipinski definition) is 2. The van der Waals surface area contributed by atoms with E-state index < -0.39 is 17.8 Å². The summed E-state index contributed by atoms with van der Waals surface area (Å²) in [7, 11) is 0. The Morgan fingerprint density at radius 3 is 2.61 bits per heavy atom. The molecule has 1 rings (SSSR count). The minimum absolute atomic E-state index is 0.334. The van der Waals surface area contributed by atoms with Crippen molar-refractivity contribution in [2.24, 2.45) is 0 Å². The van der Waals surface area contributed by atoms with Crippen LogP contribution in [-0.4, -0.2) is 30.4 Å². The third kappa shape index (κ3) is 6.95. The summed E-state index contributed by atoms with van der Waals surface area (Å²) in [4.78, 5) is 34.7. The number of hydrogen-bond acceptors (Lipinski definition) is 4. The number of allylic oxidation sites excluding steroid dienone is 1. The molecule has 1 unspecified atom stereocenters. The molecule has 0 aromatic carbocycles. The fraction of sp³-hybridized carbons (Fsp3) is 0.471. The Balaban J connectivity index is 2.36. The molecule has 0 radical (unpaired) electrons. The van der Waals surface area contributed by atoms with Crippen LogP contribution >= 0.6 is 0 Å². The molecule has 2 amide bonds. The third-order valence-corrected chi connectivity index (χ3v) is 3.20. The molecule has 0 fully saturated rings. The first-order valence-electron chi connectivity index (χ1n) is 7.78. The van der Waals surface area contributed by atoms with Crippen LogP contribution in [-0.2, 0) is 19.1 Å². The minimum Gasteiger partial charge on any atom is -0.454 e. The first-order valence-corrected chi connectivity index (χ1v) is 7.78. The van der Waals surface area contributed by atoms with Crippen LogP contribution in [0.3, 0.4) is 0 Å². The number of amides is 2. The van der Waals surface area contributed by atoms with Crippen LogP contribution in [0.25, 0.3) is 0 Å². The second kappa shape index (κ2) is 9.61. The van der Waals surface area contributed by atoms with E-state index in [-0.39, 0.29) is 6.10 Å². The van der Waals surface area contributed by atoms with Gasteiger partial charge < -0.3 is 15.4 Å². The number of nitrogens with one attached hydrogen (secondary N) is 2. The van der Waals surface area contributed by atoms with Crippen molar-refractivity contribution in [3.8, 4) is 0 Å². The smallest absolute Gasteiger partial charge is 0.333 e. The molecule has 126 valence electrons. The topological polar surface area (TPSA) is 84.5 Å². The van der Waals surface area contributed by atoms with E-state index >= 15 is 0 Å². The fourth-order valence-corrected chi connectivity index (χ4v) is 1.86. The normalized spacial score (nSPS) is 16.3. The van der Waals surface area contributed by atoms with Crippen LogP contribution in [0.5, 0.6) is 0 Å². The number of carbonyl (C=O) groups excluding carboxylic acids is 3. The van der Waals surface area contributed by atoms with Gasteiger partial charge in [-0.2, -0.15) is 0 Å². The third-order valence-electron chi connectivity index (χ3n) is 3.20. The van der Waals surface area contributed by atoms with Gasteiger partial charge in [0.15, 0.2) is 0 Å². The zero-order chi connectivity index (χ0) is 17.2. The molecule has 1 aliphatic rings. The van der Waals surface area contributed by atoms with Gasteiger partial charge in [-0.3, -0.25) is 9.59 Å². The molecule has 0 bridgehead atoms. The quantitative estimate of drug-likeness (QED) is 0.324. The highest BCUT2D eigenvalue weighted by atomic mass is 16.5. The van der Waals surface area contributed by atoms with Crippen molar-refractivity contribution >= 4 is 17.8 Å². The maximum absolute atomic E-state index is 11.7. The number of rotatable bonds is 7. The summed E-state index contributed by atoms with van der Waals surface area (Å²) in [5.74, 6) is -1.80. The van der Waals surface area contributed by atoms with Crippen LogP contribution in [0.2, 0.25) is 0 Å².